The summed E-state index contributed by atoms with van der Waals surface area (Å²) in [6.07, 6.45) is 5.34. The van der Waals surface area contributed by atoms with Crippen molar-refractivity contribution in [2.24, 2.45) is 0 Å². The van der Waals surface area contributed by atoms with Gasteiger partial charge in [-0.3, -0.25) is 9.59 Å². The lowest BCUT2D eigenvalue weighted by atomic mass is 9.95. The Balaban J connectivity index is 1.42. The number of thiophene rings is 1. The molecule has 0 spiro atoms. The number of ether oxygens (including phenoxy) is 2. The number of thiocarbonyl (C=S) groups is 1. The van der Waals surface area contributed by atoms with Gasteiger partial charge >= 0.3 is 11.9 Å². The first kappa shape index (κ1) is 25.8. The Hall–Kier alpha value is -2.78. The predicted octanol–water partition coefficient (Wildman–Crippen LogP) is 4.57. The first-order valence-corrected chi connectivity index (χ1v) is 12.8. The van der Waals surface area contributed by atoms with Crippen LogP contribution >= 0.6 is 23.6 Å². The molecule has 1 amide bonds. The van der Waals surface area contributed by atoms with Crippen LogP contribution in [0.15, 0.2) is 30.3 Å². The van der Waals surface area contributed by atoms with Crippen molar-refractivity contribution in [2.45, 2.75) is 58.3 Å². The van der Waals surface area contributed by atoms with Gasteiger partial charge < -0.3 is 20.1 Å². The molecule has 0 fully saturated rings. The number of hydrogen-bond donors (Lipinski definition) is 2. The zero-order valence-electron chi connectivity index (χ0n) is 19.3. The number of anilines is 1. The van der Waals surface area contributed by atoms with Crippen molar-refractivity contribution in [3.63, 3.8) is 0 Å². The Bertz CT molecular complexity index is 1020. The molecule has 2 aromatic rings. The van der Waals surface area contributed by atoms with E-state index >= 15 is 0 Å². The maximum absolute atomic E-state index is 12.5. The first-order valence-electron chi connectivity index (χ1n) is 11.6. The maximum atomic E-state index is 12.5. The molecule has 1 aliphatic carbocycles. The molecule has 0 saturated heterocycles. The Morgan fingerprint density at radius 1 is 1.06 bits per heavy atom. The quantitative estimate of drug-likeness (QED) is 0.279. The zero-order valence-corrected chi connectivity index (χ0v) is 20.9. The third-order valence-electron chi connectivity index (χ3n) is 5.40. The van der Waals surface area contributed by atoms with Crippen molar-refractivity contribution in [1.82, 2.24) is 5.32 Å². The van der Waals surface area contributed by atoms with E-state index in [9.17, 15) is 14.4 Å². The SMILES string of the molecule is CCOC(=O)c1c(NC(=S)NC(=O)CCC(=O)OCCCc2ccccc2)sc2c1CCCC2. The van der Waals surface area contributed by atoms with E-state index in [2.05, 4.69) is 10.6 Å². The lowest BCUT2D eigenvalue weighted by Crippen LogP contribution is -2.34. The lowest BCUT2D eigenvalue weighted by Gasteiger charge is -2.13. The topological polar surface area (TPSA) is 93.7 Å². The Morgan fingerprint density at radius 2 is 1.82 bits per heavy atom. The molecule has 7 nitrogen and oxygen atoms in total. The number of rotatable bonds is 10. The van der Waals surface area contributed by atoms with Gasteiger partial charge in [0.15, 0.2) is 5.11 Å². The fourth-order valence-electron chi connectivity index (χ4n) is 3.79. The summed E-state index contributed by atoms with van der Waals surface area (Å²) in [4.78, 5) is 37.9. The molecule has 0 unspecified atom stereocenters. The highest BCUT2D eigenvalue weighted by Gasteiger charge is 2.27. The normalized spacial score (nSPS) is 12.4. The highest BCUT2D eigenvalue weighted by Crippen LogP contribution is 2.38. The van der Waals surface area contributed by atoms with Crippen LogP contribution in [0, 0.1) is 0 Å². The van der Waals surface area contributed by atoms with E-state index in [1.807, 2.05) is 30.3 Å². The van der Waals surface area contributed by atoms with Gasteiger partial charge in [-0.25, -0.2) is 4.79 Å². The predicted molar refractivity (Wildman–Crippen MR) is 136 cm³/mol. The summed E-state index contributed by atoms with van der Waals surface area (Å²) in [5.41, 5.74) is 2.72. The molecule has 2 N–H and O–H groups in total. The Labute approximate surface area is 209 Å². The zero-order chi connectivity index (χ0) is 24.3. The number of nitrogens with one attached hydrogen (secondary N) is 2. The van der Waals surface area contributed by atoms with Crippen molar-refractivity contribution < 1.29 is 23.9 Å². The molecule has 9 heteroatoms. The molecule has 0 atom stereocenters. The fourth-order valence-corrected chi connectivity index (χ4v) is 5.35. The average Bonchev–Trinajstić information content (AvgIpc) is 3.19. The van der Waals surface area contributed by atoms with Gasteiger partial charge in [0, 0.05) is 11.3 Å². The number of fused-ring (bicyclic) bond motifs is 1. The van der Waals surface area contributed by atoms with E-state index in [1.165, 1.54) is 16.9 Å². The highest BCUT2D eigenvalue weighted by molar-refractivity contribution is 7.80. The van der Waals surface area contributed by atoms with Crippen LogP contribution in [0.5, 0.6) is 0 Å². The molecular formula is C25H30N2O5S2. The van der Waals surface area contributed by atoms with Crippen LogP contribution in [-0.2, 0) is 38.3 Å². The van der Waals surface area contributed by atoms with E-state index in [-0.39, 0.29) is 30.5 Å². The summed E-state index contributed by atoms with van der Waals surface area (Å²) in [6, 6.07) is 9.98. The van der Waals surface area contributed by atoms with E-state index in [0.717, 1.165) is 49.0 Å². The minimum Gasteiger partial charge on any atom is -0.466 e. The summed E-state index contributed by atoms with van der Waals surface area (Å²) in [6.45, 7) is 2.37. The van der Waals surface area contributed by atoms with Gasteiger partial charge in [-0.1, -0.05) is 30.3 Å². The van der Waals surface area contributed by atoms with Gasteiger partial charge in [-0.2, -0.15) is 0 Å². The van der Waals surface area contributed by atoms with Gasteiger partial charge in [-0.05, 0) is 68.8 Å². The van der Waals surface area contributed by atoms with Crippen LogP contribution in [0.4, 0.5) is 5.00 Å². The van der Waals surface area contributed by atoms with Crippen LogP contribution in [0.1, 0.15) is 65.4 Å². The average molecular weight is 503 g/mol. The van der Waals surface area contributed by atoms with Crippen molar-refractivity contribution in [1.29, 1.82) is 0 Å². The Kier molecular flexibility index (Phi) is 10.0. The molecule has 1 heterocycles. The number of esters is 2. The molecule has 3 rings (SSSR count). The van der Waals surface area contributed by atoms with Crippen molar-refractivity contribution in [2.75, 3.05) is 18.5 Å². The van der Waals surface area contributed by atoms with Crippen LogP contribution in [-0.4, -0.2) is 36.2 Å². The van der Waals surface area contributed by atoms with Gasteiger partial charge in [0.05, 0.1) is 25.2 Å². The summed E-state index contributed by atoms with van der Waals surface area (Å²) in [5.74, 6) is -1.19. The second-order valence-electron chi connectivity index (χ2n) is 7.95. The van der Waals surface area contributed by atoms with E-state index < -0.39 is 11.9 Å². The fraction of sp³-hybridized carbons (Fsp3) is 0.440. The number of benzene rings is 1. The molecule has 1 aromatic heterocycles. The third kappa shape index (κ3) is 7.63. The number of aryl methyl sites for hydroxylation is 2. The minimum atomic E-state index is -0.419. The smallest absolute Gasteiger partial charge is 0.341 e. The second-order valence-corrected chi connectivity index (χ2v) is 9.46. The second kappa shape index (κ2) is 13.2. The summed E-state index contributed by atoms with van der Waals surface area (Å²) < 4.78 is 10.4. The Morgan fingerprint density at radius 3 is 2.59 bits per heavy atom. The van der Waals surface area contributed by atoms with Crippen molar-refractivity contribution >= 4 is 51.5 Å². The molecule has 1 aliphatic rings. The number of hydrogen-bond acceptors (Lipinski definition) is 7. The highest BCUT2D eigenvalue weighted by atomic mass is 32.1. The third-order valence-corrected chi connectivity index (χ3v) is 6.81. The number of carbonyl (C=O) groups excluding carboxylic acids is 3. The molecule has 1 aromatic carbocycles. The minimum absolute atomic E-state index is 0.0266. The lowest BCUT2D eigenvalue weighted by molar-refractivity contribution is -0.145. The monoisotopic (exact) mass is 502 g/mol. The van der Waals surface area contributed by atoms with Crippen LogP contribution in [0.3, 0.4) is 0 Å². The molecule has 0 radical (unpaired) electrons. The van der Waals surface area contributed by atoms with Crippen molar-refractivity contribution in [3.8, 4) is 0 Å². The molecule has 0 saturated carbocycles. The summed E-state index contributed by atoms with van der Waals surface area (Å²) >= 11 is 6.75. The standard InChI is InChI=1S/C25H30N2O5S2/c1-2-31-24(30)22-18-12-6-7-13-19(18)34-23(22)27-25(33)26-20(28)14-15-21(29)32-16-8-11-17-9-4-3-5-10-17/h3-5,9-10H,2,6-8,11-16H2,1H3,(H2,26,27,28,33). The number of amides is 1. The van der Waals surface area contributed by atoms with Gasteiger partial charge in [0.25, 0.3) is 0 Å². The molecule has 34 heavy (non-hydrogen) atoms. The maximum Gasteiger partial charge on any atom is 0.341 e. The van der Waals surface area contributed by atoms with Crippen LogP contribution < -0.4 is 10.6 Å². The molecule has 0 bridgehead atoms. The molecular weight excluding hydrogens is 472 g/mol. The van der Waals surface area contributed by atoms with E-state index in [4.69, 9.17) is 21.7 Å². The molecule has 0 aliphatic heterocycles. The van der Waals surface area contributed by atoms with Crippen LogP contribution in [0.2, 0.25) is 0 Å². The van der Waals surface area contributed by atoms with Gasteiger partial charge in [0.2, 0.25) is 5.91 Å². The molecule has 182 valence electrons. The first-order chi connectivity index (χ1) is 16.5. The van der Waals surface area contributed by atoms with Gasteiger partial charge in [-0.15, -0.1) is 11.3 Å². The van der Waals surface area contributed by atoms with Crippen LogP contribution in [0.25, 0.3) is 0 Å². The largest absolute Gasteiger partial charge is 0.466 e. The van der Waals surface area contributed by atoms with E-state index in [0.29, 0.717) is 17.2 Å². The summed E-state index contributed by atoms with van der Waals surface area (Å²) in [5, 5.41) is 6.24. The van der Waals surface area contributed by atoms with Crippen molar-refractivity contribution in [3.05, 3.63) is 51.9 Å². The number of carbonyl (C=O) groups is 3. The van der Waals surface area contributed by atoms with Gasteiger partial charge in [0.1, 0.15) is 5.00 Å². The summed E-state index contributed by atoms with van der Waals surface area (Å²) in [7, 11) is 0. The van der Waals surface area contributed by atoms with E-state index in [1.54, 1.807) is 6.92 Å².